The zero-order valence-electron chi connectivity index (χ0n) is 14.2. The number of hydrogen-bond acceptors (Lipinski definition) is 3. The van der Waals surface area contributed by atoms with Crippen molar-refractivity contribution in [2.45, 2.75) is 31.7 Å². The van der Waals surface area contributed by atoms with Gasteiger partial charge >= 0.3 is 0 Å². The minimum absolute atomic E-state index is 0.580. The molecule has 0 unspecified atom stereocenters. The molecule has 0 spiro atoms. The van der Waals surface area contributed by atoms with Crippen LogP contribution in [0.1, 0.15) is 29.5 Å². The largest absolute Gasteiger partial charge is 0.385 e. The summed E-state index contributed by atoms with van der Waals surface area (Å²) >= 11 is 0. The number of ether oxygens (including phenoxy) is 1. The maximum Gasteiger partial charge on any atom is 0.0645 e. The van der Waals surface area contributed by atoms with Gasteiger partial charge in [-0.05, 0) is 47.9 Å². The summed E-state index contributed by atoms with van der Waals surface area (Å²) in [6.45, 7) is 1.98. The number of anilines is 2. The van der Waals surface area contributed by atoms with Crippen molar-refractivity contribution in [2.24, 2.45) is 5.92 Å². The molecule has 5 rings (SSSR count). The Balaban J connectivity index is 1.64. The molecule has 3 aliphatic rings. The van der Waals surface area contributed by atoms with E-state index in [2.05, 4.69) is 52.5 Å². The molecule has 1 saturated heterocycles. The van der Waals surface area contributed by atoms with E-state index in [1.54, 1.807) is 0 Å². The van der Waals surface area contributed by atoms with Crippen LogP contribution in [-0.4, -0.2) is 26.3 Å². The molecule has 0 aliphatic carbocycles. The van der Waals surface area contributed by atoms with Gasteiger partial charge in [-0.3, -0.25) is 10.0 Å². The Bertz CT molecular complexity index is 772. The molecule has 0 amide bonds. The van der Waals surface area contributed by atoms with Gasteiger partial charge in [0, 0.05) is 26.7 Å². The van der Waals surface area contributed by atoms with E-state index in [1.807, 2.05) is 7.11 Å². The fraction of sp³-hybridized carbons (Fsp3) is 0.429. The highest BCUT2D eigenvalue weighted by molar-refractivity contribution is 5.74. The molecule has 3 heterocycles. The third-order valence-electron chi connectivity index (χ3n) is 6.03. The molecule has 3 nitrogen and oxygen atoms in total. The summed E-state index contributed by atoms with van der Waals surface area (Å²) in [5.41, 5.74) is 7.35. The Morgan fingerprint density at radius 3 is 2.79 bits per heavy atom. The number of rotatable bonds is 3. The van der Waals surface area contributed by atoms with Crippen molar-refractivity contribution in [3.8, 4) is 0 Å². The van der Waals surface area contributed by atoms with Crippen molar-refractivity contribution in [3.63, 3.8) is 0 Å². The van der Waals surface area contributed by atoms with E-state index < -0.39 is 0 Å². The van der Waals surface area contributed by atoms with Crippen LogP contribution in [0.25, 0.3) is 0 Å². The van der Waals surface area contributed by atoms with Crippen LogP contribution in [0.5, 0.6) is 0 Å². The lowest BCUT2D eigenvalue weighted by Gasteiger charge is -2.47. The van der Waals surface area contributed by atoms with Gasteiger partial charge in [-0.25, -0.2) is 0 Å². The van der Waals surface area contributed by atoms with Gasteiger partial charge in [0.05, 0.1) is 17.4 Å². The maximum absolute atomic E-state index is 5.38. The number of fused-ring (bicyclic) bond motifs is 2. The molecule has 0 aromatic heterocycles. The van der Waals surface area contributed by atoms with E-state index in [4.69, 9.17) is 4.74 Å². The van der Waals surface area contributed by atoms with Crippen LogP contribution in [0.4, 0.5) is 11.4 Å². The Morgan fingerprint density at radius 1 is 1.04 bits per heavy atom. The average molecular weight is 320 g/mol. The molecule has 0 N–H and O–H groups in total. The van der Waals surface area contributed by atoms with Gasteiger partial charge in [-0.15, -0.1) is 0 Å². The minimum atomic E-state index is 0.580. The van der Waals surface area contributed by atoms with Crippen molar-refractivity contribution >= 4 is 11.4 Å². The number of benzene rings is 2. The summed E-state index contributed by atoms with van der Waals surface area (Å²) in [7, 11) is 1.82. The maximum atomic E-state index is 5.38. The van der Waals surface area contributed by atoms with Gasteiger partial charge in [0.2, 0.25) is 0 Å². The lowest BCUT2D eigenvalue weighted by Crippen LogP contribution is -2.56. The molecular weight excluding hydrogens is 296 g/mol. The molecule has 2 aromatic carbocycles. The quantitative estimate of drug-likeness (QED) is 0.855. The number of methoxy groups -OCH3 is 1. The van der Waals surface area contributed by atoms with E-state index >= 15 is 0 Å². The molecule has 3 aliphatic heterocycles. The van der Waals surface area contributed by atoms with Crippen molar-refractivity contribution in [3.05, 3.63) is 59.2 Å². The first-order valence-electron chi connectivity index (χ1n) is 9.11. The lowest BCUT2D eigenvalue weighted by atomic mass is 9.88. The summed E-state index contributed by atoms with van der Waals surface area (Å²) in [6.07, 6.45) is 4.64. The van der Waals surface area contributed by atoms with Gasteiger partial charge in [-0.1, -0.05) is 36.4 Å². The molecule has 0 bridgehead atoms. The van der Waals surface area contributed by atoms with Crippen molar-refractivity contribution in [1.29, 1.82) is 0 Å². The van der Waals surface area contributed by atoms with Crippen LogP contribution >= 0.6 is 0 Å². The first-order valence-corrected chi connectivity index (χ1v) is 9.11. The molecule has 2 atom stereocenters. The first-order chi connectivity index (χ1) is 11.9. The Morgan fingerprint density at radius 2 is 1.88 bits per heavy atom. The predicted molar refractivity (Wildman–Crippen MR) is 97.6 cm³/mol. The SMILES string of the molecule is COCC[C@H]1CCN2c3ccccc3Cc3cccc4c3N2[C@H]1C4. The summed E-state index contributed by atoms with van der Waals surface area (Å²) in [5, 5.41) is 5.20. The summed E-state index contributed by atoms with van der Waals surface area (Å²) in [5.74, 6) is 0.715. The normalized spacial score (nSPS) is 23.7. The first kappa shape index (κ1) is 14.4. The zero-order valence-corrected chi connectivity index (χ0v) is 14.2. The topological polar surface area (TPSA) is 15.7 Å². The van der Waals surface area contributed by atoms with Crippen molar-refractivity contribution < 1.29 is 4.74 Å². The minimum Gasteiger partial charge on any atom is -0.385 e. The fourth-order valence-corrected chi connectivity index (χ4v) is 4.94. The fourth-order valence-electron chi connectivity index (χ4n) is 4.94. The third-order valence-corrected chi connectivity index (χ3v) is 6.03. The second-order valence-corrected chi connectivity index (χ2v) is 7.30. The Kier molecular flexibility index (Phi) is 3.30. The molecular formula is C21H24N2O. The second kappa shape index (κ2) is 5.52. The van der Waals surface area contributed by atoms with E-state index in [1.165, 1.54) is 40.9 Å². The van der Waals surface area contributed by atoms with Crippen LogP contribution < -0.4 is 10.0 Å². The predicted octanol–water partition coefficient (Wildman–Crippen LogP) is 3.80. The van der Waals surface area contributed by atoms with E-state index in [0.29, 0.717) is 12.0 Å². The zero-order chi connectivity index (χ0) is 16.1. The van der Waals surface area contributed by atoms with Gasteiger partial charge < -0.3 is 4.74 Å². The number of hydrogen-bond donors (Lipinski definition) is 0. The van der Waals surface area contributed by atoms with E-state index in [-0.39, 0.29) is 0 Å². The van der Waals surface area contributed by atoms with Crippen LogP contribution in [0.3, 0.4) is 0 Å². The van der Waals surface area contributed by atoms with Crippen LogP contribution in [0, 0.1) is 5.92 Å². The standard InChI is InChI=1S/C21H24N2O/c1-24-12-10-15-9-11-22-19-8-3-2-5-16(19)13-17-6-4-7-18-14-20(15)23(22)21(17)18/h2-8,15,20H,9-14H2,1H3/t15-,20+/m1/s1. The Hall–Kier alpha value is -2.00. The number of nitrogens with zero attached hydrogens (tertiary/aromatic N) is 2. The summed E-state index contributed by atoms with van der Waals surface area (Å²) in [6, 6.07) is 16.4. The molecule has 0 saturated carbocycles. The molecule has 1 fully saturated rings. The lowest BCUT2D eigenvalue weighted by molar-refractivity contribution is 0.162. The molecule has 24 heavy (non-hydrogen) atoms. The van der Waals surface area contributed by atoms with Crippen molar-refractivity contribution in [1.82, 2.24) is 0 Å². The van der Waals surface area contributed by atoms with Crippen LogP contribution in [0.2, 0.25) is 0 Å². The average Bonchev–Trinajstić information content (AvgIpc) is 2.94. The Labute approximate surface area is 143 Å². The third kappa shape index (κ3) is 2.01. The second-order valence-electron chi connectivity index (χ2n) is 7.30. The van der Waals surface area contributed by atoms with Crippen LogP contribution in [0.15, 0.2) is 42.5 Å². The van der Waals surface area contributed by atoms with Crippen molar-refractivity contribution in [2.75, 3.05) is 30.3 Å². The highest BCUT2D eigenvalue weighted by atomic mass is 16.5. The van der Waals surface area contributed by atoms with Gasteiger partial charge in [0.25, 0.3) is 0 Å². The number of para-hydroxylation sites is 2. The van der Waals surface area contributed by atoms with Gasteiger partial charge in [0.15, 0.2) is 0 Å². The highest BCUT2D eigenvalue weighted by Crippen LogP contribution is 2.47. The number of hydrazine groups is 1. The van der Waals surface area contributed by atoms with Gasteiger partial charge in [-0.2, -0.15) is 0 Å². The molecule has 0 radical (unpaired) electrons. The molecule has 3 heteroatoms. The highest BCUT2D eigenvalue weighted by Gasteiger charge is 2.44. The van der Waals surface area contributed by atoms with E-state index in [0.717, 1.165) is 26.0 Å². The smallest absolute Gasteiger partial charge is 0.0645 e. The molecule has 124 valence electrons. The monoisotopic (exact) mass is 320 g/mol. The van der Waals surface area contributed by atoms with Gasteiger partial charge in [0.1, 0.15) is 0 Å². The molecule has 2 aromatic rings. The van der Waals surface area contributed by atoms with E-state index in [9.17, 15) is 0 Å². The summed E-state index contributed by atoms with van der Waals surface area (Å²) in [4.78, 5) is 0. The van der Waals surface area contributed by atoms with Crippen LogP contribution in [-0.2, 0) is 17.6 Å². The summed E-state index contributed by atoms with van der Waals surface area (Å²) < 4.78 is 5.38.